The Labute approximate surface area is 91.6 Å². The van der Waals surface area contributed by atoms with E-state index in [0.29, 0.717) is 0 Å². The second-order valence-corrected chi connectivity index (χ2v) is 4.29. The van der Waals surface area contributed by atoms with Crippen LogP contribution in [0.25, 0.3) is 0 Å². The molecule has 84 valence electrons. The molecule has 0 spiro atoms. The van der Waals surface area contributed by atoms with Crippen LogP contribution in [-0.2, 0) is 0 Å². The van der Waals surface area contributed by atoms with Gasteiger partial charge in [0.15, 0.2) is 0 Å². The van der Waals surface area contributed by atoms with Gasteiger partial charge in [-0.15, -0.1) is 0 Å². The first-order chi connectivity index (χ1) is 6.72. The van der Waals surface area contributed by atoms with Crippen LogP contribution < -0.4 is 5.32 Å². The van der Waals surface area contributed by atoms with E-state index < -0.39 is 0 Å². The fourth-order valence-corrected chi connectivity index (χ4v) is 1.51. The molecule has 0 aliphatic heterocycles. The van der Waals surface area contributed by atoms with Gasteiger partial charge in [0.25, 0.3) is 0 Å². The van der Waals surface area contributed by atoms with Crippen molar-refractivity contribution in [2.24, 2.45) is 0 Å². The molecule has 0 aliphatic carbocycles. The van der Waals surface area contributed by atoms with Crippen molar-refractivity contribution in [2.45, 2.75) is 26.2 Å². The summed E-state index contributed by atoms with van der Waals surface area (Å²) >= 11 is 1.88. The molecule has 0 aromatic carbocycles. The van der Waals surface area contributed by atoms with Crippen molar-refractivity contribution < 1.29 is 4.79 Å². The Balaban J connectivity index is 3.23. The third kappa shape index (κ3) is 7.06. The van der Waals surface area contributed by atoms with Gasteiger partial charge in [-0.1, -0.05) is 6.42 Å². The molecule has 0 atom stereocenters. The van der Waals surface area contributed by atoms with E-state index in [1.165, 1.54) is 18.6 Å². The quantitative estimate of drug-likeness (QED) is 0.664. The monoisotopic (exact) mass is 218 g/mol. The smallest absolute Gasteiger partial charge is 0.317 e. The summed E-state index contributed by atoms with van der Waals surface area (Å²) in [7, 11) is 1.81. The summed E-state index contributed by atoms with van der Waals surface area (Å²) < 4.78 is 0. The summed E-state index contributed by atoms with van der Waals surface area (Å²) in [5.41, 5.74) is 0. The van der Waals surface area contributed by atoms with Crippen LogP contribution >= 0.6 is 11.8 Å². The largest absolute Gasteiger partial charge is 0.338 e. The van der Waals surface area contributed by atoms with Crippen LogP contribution in [0.1, 0.15) is 26.2 Å². The fraction of sp³-hybridized carbons (Fsp3) is 0.900. The Bertz CT molecular complexity index is 153. The summed E-state index contributed by atoms with van der Waals surface area (Å²) in [6, 6.07) is 0.0392. The zero-order chi connectivity index (χ0) is 10.8. The Morgan fingerprint density at radius 1 is 1.36 bits per heavy atom. The molecule has 0 heterocycles. The van der Waals surface area contributed by atoms with Crippen LogP contribution in [0.15, 0.2) is 0 Å². The zero-order valence-corrected chi connectivity index (χ0v) is 10.3. The van der Waals surface area contributed by atoms with Crippen molar-refractivity contribution in [3.05, 3.63) is 0 Å². The van der Waals surface area contributed by atoms with E-state index in [9.17, 15) is 4.79 Å². The van der Waals surface area contributed by atoms with E-state index in [1.807, 2.05) is 25.7 Å². The Morgan fingerprint density at radius 3 is 2.64 bits per heavy atom. The normalized spacial score (nSPS) is 9.93. The van der Waals surface area contributed by atoms with E-state index in [0.717, 1.165) is 19.5 Å². The van der Waals surface area contributed by atoms with Crippen LogP contribution in [0.3, 0.4) is 0 Å². The summed E-state index contributed by atoms with van der Waals surface area (Å²) in [5, 5.41) is 2.89. The molecule has 0 rings (SSSR count). The summed E-state index contributed by atoms with van der Waals surface area (Å²) in [4.78, 5) is 13.0. The van der Waals surface area contributed by atoms with Gasteiger partial charge in [-0.2, -0.15) is 11.8 Å². The number of nitrogens with zero attached hydrogens (tertiary/aromatic N) is 1. The summed E-state index contributed by atoms with van der Waals surface area (Å²) in [6.45, 7) is 3.54. The predicted octanol–water partition coefficient (Wildman–Crippen LogP) is 2.18. The van der Waals surface area contributed by atoms with Gasteiger partial charge >= 0.3 is 6.03 Å². The molecule has 0 aromatic heterocycles. The maximum absolute atomic E-state index is 11.3. The Kier molecular flexibility index (Phi) is 8.94. The first-order valence-electron chi connectivity index (χ1n) is 5.20. The van der Waals surface area contributed by atoms with Gasteiger partial charge in [0.2, 0.25) is 0 Å². The second kappa shape index (κ2) is 9.19. The maximum atomic E-state index is 11.3. The van der Waals surface area contributed by atoms with Crippen molar-refractivity contribution in [3.63, 3.8) is 0 Å². The van der Waals surface area contributed by atoms with Crippen LogP contribution in [0.5, 0.6) is 0 Å². The van der Waals surface area contributed by atoms with Crippen LogP contribution in [-0.4, -0.2) is 43.1 Å². The van der Waals surface area contributed by atoms with Gasteiger partial charge in [-0.3, -0.25) is 0 Å². The van der Waals surface area contributed by atoms with Gasteiger partial charge in [0.05, 0.1) is 0 Å². The number of nitrogens with one attached hydrogen (secondary N) is 1. The highest BCUT2D eigenvalue weighted by Crippen LogP contribution is 2.01. The highest BCUT2D eigenvalue weighted by atomic mass is 32.2. The molecule has 0 radical (unpaired) electrons. The molecule has 0 aliphatic rings. The molecular weight excluding hydrogens is 196 g/mol. The number of carbonyl (C=O) groups excluding carboxylic acids is 1. The summed E-state index contributed by atoms with van der Waals surface area (Å²) in [5.74, 6) is 1.23. The van der Waals surface area contributed by atoms with Gasteiger partial charge in [0.1, 0.15) is 0 Å². The third-order valence-corrected chi connectivity index (χ3v) is 2.82. The first-order valence-corrected chi connectivity index (χ1v) is 6.59. The molecule has 4 heteroatoms. The van der Waals surface area contributed by atoms with Crippen molar-refractivity contribution in [2.75, 3.05) is 32.1 Å². The van der Waals surface area contributed by atoms with E-state index in [4.69, 9.17) is 0 Å². The second-order valence-electron chi connectivity index (χ2n) is 3.30. The number of thioether (sulfide) groups is 1. The van der Waals surface area contributed by atoms with Gasteiger partial charge in [-0.25, -0.2) is 4.79 Å². The Hall–Kier alpha value is -0.380. The molecule has 0 fully saturated rings. The van der Waals surface area contributed by atoms with Crippen molar-refractivity contribution in [1.29, 1.82) is 0 Å². The lowest BCUT2D eigenvalue weighted by Gasteiger charge is -2.15. The number of urea groups is 1. The number of hydrogen-bond acceptors (Lipinski definition) is 2. The Morgan fingerprint density at radius 2 is 2.07 bits per heavy atom. The lowest BCUT2D eigenvalue weighted by molar-refractivity contribution is 0.211. The van der Waals surface area contributed by atoms with E-state index in [1.54, 1.807) is 4.90 Å². The van der Waals surface area contributed by atoms with E-state index in [2.05, 4.69) is 11.6 Å². The minimum Gasteiger partial charge on any atom is -0.338 e. The molecule has 3 nitrogen and oxygen atoms in total. The minimum atomic E-state index is 0.0392. The third-order valence-electron chi connectivity index (χ3n) is 2.12. The molecule has 0 saturated heterocycles. The van der Waals surface area contributed by atoms with Crippen molar-refractivity contribution >= 4 is 17.8 Å². The average Bonchev–Trinajstić information content (AvgIpc) is 2.21. The lowest BCUT2D eigenvalue weighted by atomic mass is 10.2. The van der Waals surface area contributed by atoms with Crippen LogP contribution in [0.2, 0.25) is 0 Å². The number of hydrogen-bond donors (Lipinski definition) is 1. The zero-order valence-electron chi connectivity index (χ0n) is 9.51. The lowest BCUT2D eigenvalue weighted by Crippen LogP contribution is -2.37. The molecule has 0 bridgehead atoms. The maximum Gasteiger partial charge on any atom is 0.317 e. The fourth-order valence-electron chi connectivity index (χ4n) is 1.02. The standard InChI is InChI=1S/C10H22N2OS/c1-4-12(2)10(13)11-8-6-5-7-9-14-3/h4-9H2,1-3H3,(H,11,13). The molecular formula is C10H22N2OS. The minimum absolute atomic E-state index is 0.0392. The molecule has 2 amide bonds. The number of carbonyl (C=O) groups is 1. The number of amides is 2. The molecule has 0 aromatic rings. The average molecular weight is 218 g/mol. The van der Waals surface area contributed by atoms with Crippen LogP contribution in [0, 0.1) is 0 Å². The highest BCUT2D eigenvalue weighted by molar-refractivity contribution is 7.98. The van der Waals surface area contributed by atoms with E-state index >= 15 is 0 Å². The van der Waals surface area contributed by atoms with Crippen LogP contribution in [0.4, 0.5) is 4.79 Å². The van der Waals surface area contributed by atoms with Crippen molar-refractivity contribution in [3.8, 4) is 0 Å². The van der Waals surface area contributed by atoms with Gasteiger partial charge < -0.3 is 10.2 Å². The molecule has 1 N–H and O–H groups in total. The molecule has 0 unspecified atom stereocenters. The van der Waals surface area contributed by atoms with Gasteiger partial charge in [0, 0.05) is 20.1 Å². The topological polar surface area (TPSA) is 32.3 Å². The SMILES string of the molecule is CCN(C)C(=O)NCCCCCSC. The van der Waals surface area contributed by atoms with Crippen molar-refractivity contribution in [1.82, 2.24) is 10.2 Å². The molecule has 14 heavy (non-hydrogen) atoms. The molecule has 0 saturated carbocycles. The summed E-state index contributed by atoms with van der Waals surface area (Å²) in [6.07, 6.45) is 5.67. The highest BCUT2D eigenvalue weighted by Gasteiger charge is 2.03. The van der Waals surface area contributed by atoms with E-state index in [-0.39, 0.29) is 6.03 Å². The number of rotatable bonds is 7. The predicted molar refractivity (Wildman–Crippen MR) is 63.9 cm³/mol. The first kappa shape index (κ1) is 13.6. The van der Waals surface area contributed by atoms with Gasteiger partial charge in [-0.05, 0) is 31.8 Å². The number of unbranched alkanes of at least 4 members (excludes halogenated alkanes) is 2.